The Morgan fingerprint density at radius 1 is 1.21 bits per heavy atom. The highest BCUT2D eigenvalue weighted by Crippen LogP contribution is 2.40. The molecule has 0 unspecified atom stereocenters. The summed E-state index contributed by atoms with van der Waals surface area (Å²) in [5.74, 6) is 0.262. The van der Waals surface area contributed by atoms with Crippen molar-refractivity contribution in [3.05, 3.63) is 48.0 Å². The van der Waals surface area contributed by atoms with E-state index in [-0.39, 0.29) is 11.7 Å². The third-order valence-electron chi connectivity index (χ3n) is 4.57. The summed E-state index contributed by atoms with van der Waals surface area (Å²) in [5, 5.41) is 8.63. The molecule has 2 aromatic carbocycles. The monoisotopic (exact) mass is 491 g/mol. The fourth-order valence-electron chi connectivity index (χ4n) is 3.12. The van der Waals surface area contributed by atoms with Crippen molar-refractivity contribution in [3.63, 3.8) is 0 Å². The number of ether oxygens (including phenoxy) is 2. The number of fused-ring (bicyclic) bond motifs is 1. The van der Waals surface area contributed by atoms with Crippen molar-refractivity contribution in [2.45, 2.75) is 39.2 Å². The number of nitrogens with one attached hydrogen (secondary N) is 2. The average molecular weight is 492 g/mol. The minimum absolute atomic E-state index is 0.00423. The van der Waals surface area contributed by atoms with Gasteiger partial charge in [0, 0.05) is 24.4 Å². The lowest BCUT2D eigenvalue weighted by Crippen LogP contribution is -2.34. The number of para-hydroxylation sites is 1. The van der Waals surface area contributed by atoms with Crippen LogP contribution in [0.5, 0.6) is 11.5 Å². The topological polar surface area (TPSA) is 142 Å². The van der Waals surface area contributed by atoms with Crippen LogP contribution in [-0.4, -0.2) is 33.2 Å². The second kappa shape index (κ2) is 10.4. The van der Waals surface area contributed by atoms with E-state index in [1.54, 1.807) is 19.9 Å². The van der Waals surface area contributed by atoms with Crippen LogP contribution in [0.4, 0.5) is 16.2 Å². The molecule has 1 heterocycles. The summed E-state index contributed by atoms with van der Waals surface area (Å²) >= 11 is 0. The fraction of sp³-hybridized carbons (Fsp3) is 0.318. The smallest absolute Gasteiger partial charge is 0.491 e. The number of unbranched alkanes of at least 4 members (excludes halogenated alkanes) is 1. The zero-order valence-electron chi connectivity index (χ0n) is 18.9. The van der Waals surface area contributed by atoms with Crippen molar-refractivity contribution >= 4 is 40.0 Å². The predicted molar refractivity (Wildman–Crippen MR) is 124 cm³/mol. The molecule has 0 aromatic heterocycles. The Bertz CT molecular complexity index is 1180. The first kappa shape index (κ1) is 24.8. The number of hydrogen-bond acceptors (Lipinski definition) is 9. The Morgan fingerprint density at radius 2 is 1.94 bits per heavy atom. The lowest BCUT2D eigenvalue weighted by Gasteiger charge is -2.33. The Balaban J connectivity index is 1.43. The normalized spacial score (nSPS) is 14.5. The maximum absolute atomic E-state index is 11.9. The molecule has 0 saturated heterocycles. The van der Waals surface area contributed by atoms with Crippen LogP contribution in [0.25, 0.3) is 0 Å². The summed E-state index contributed by atoms with van der Waals surface area (Å²) < 4.78 is 44.0. The molecule has 11 nitrogen and oxygen atoms in total. The van der Waals surface area contributed by atoms with E-state index in [1.807, 2.05) is 12.1 Å². The molecule has 1 aliphatic rings. The van der Waals surface area contributed by atoms with Crippen molar-refractivity contribution in [2.75, 3.05) is 17.2 Å². The van der Waals surface area contributed by atoms with Crippen LogP contribution in [0.1, 0.15) is 39.2 Å². The van der Waals surface area contributed by atoms with Crippen LogP contribution < -0.4 is 19.6 Å². The standard InChI is InChI=1S/C22H25N3O8S/c1-15(26)24-16-9-11-17(12-10-16)32-34(28,29)33-23-13-4-5-14-30-19-8-6-7-18-20(19)25-21(27)31-22(18,2)3/h6-13H,4-5,14H2,1-3H3,(H,24,26)(H,25,27). The van der Waals surface area contributed by atoms with E-state index in [0.717, 1.165) is 5.56 Å². The van der Waals surface area contributed by atoms with E-state index in [1.165, 1.54) is 37.4 Å². The Kier molecular flexibility index (Phi) is 7.61. The van der Waals surface area contributed by atoms with Crippen molar-refractivity contribution < 1.29 is 35.9 Å². The minimum Gasteiger partial charge on any atom is -0.491 e. The molecule has 0 atom stereocenters. The summed E-state index contributed by atoms with van der Waals surface area (Å²) in [7, 11) is -4.40. The molecule has 0 fully saturated rings. The molecular formula is C22H25N3O8S. The number of oxime groups is 1. The highest BCUT2D eigenvalue weighted by Gasteiger charge is 2.34. The highest BCUT2D eigenvalue weighted by atomic mass is 32.3. The van der Waals surface area contributed by atoms with Gasteiger partial charge in [-0.15, -0.1) is 8.42 Å². The van der Waals surface area contributed by atoms with E-state index >= 15 is 0 Å². The highest BCUT2D eigenvalue weighted by molar-refractivity contribution is 7.82. The summed E-state index contributed by atoms with van der Waals surface area (Å²) in [5.41, 5.74) is 1.08. The first-order valence-corrected chi connectivity index (χ1v) is 11.7. The maximum atomic E-state index is 11.9. The van der Waals surface area contributed by atoms with Crippen molar-refractivity contribution in [2.24, 2.45) is 5.16 Å². The fourth-order valence-corrected chi connectivity index (χ4v) is 3.66. The van der Waals surface area contributed by atoms with Gasteiger partial charge in [0.2, 0.25) is 5.91 Å². The van der Waals surface area contributed by atoms with Gasteiger partial charge in [0.05, 0.1) is 12.3 Å². The first-order valence-electron chi connectivity index (χ1n) is 10.3. The molecule has 12 heteroatoms. The van der Waals surface area contributed by atoms with Gasteiger partial charge in [-0.2, -0.15) is 0 Å². The van der Waals surface area contributed by atoms with E-state index < -0.39 is 22.1 Å². The van der Waals surface area contributed by atoms with Crippen molar-refractivity contribution in [1.29, 1.82) is 0 Å². The molecule has 182 valence electrons. The van der Waals surface area contributed by atoms with Gasteiger partial charge in [-0.05, 0) is 57.0 Å². The van der Waals surface area contributed by atoms with Gasteiger partial charge in [-0.1, -0.05) is 17.3 Å². The molecule has 3 rings (SSSR count). The molecule has 0 aliphatic carbocycles. The Morgan fingerprint density at radius 3 is 2.65 bits per heavy atom. The number of anilines is 2. The maximum Gasteiger partial charge on any atom is 0.521 e. The van der Waals surface area contributed by atoms with Gasteiger partial charge in [-0.25, -0.2) is 9.08 Å². The molecule has 0 radical (unpaired) electrons. The lowest BCUT2D eigenvalue weighted by atomic mass is 9.94. The van der Waals surface area contributed by atoms with E-state index in [4.69, 9.17) is 13.7 Å². The molecule has 1 aliphatic heterocycles. The number of amides is 2. The number of cyclic esters (lactones) is 1. The van der Waals surface area contributed by atoms with Crippen LogP contribution in [-0.2, 0) is 29.8 Å². The zero-order chi connectivity index (χ0) is 24.8. The third-order valence-corrected chi connectivity index (χ3v) is 5.23. The van der Waals surface area contributed by atoms with Gasteiger partial charge < -0.3 is 19.0 Å². The van der Waals surface area contributed by atoms with E-state index in [0.29, 0.717) is 36.6 Å². The first-order chi connectivity index (χ1) is 16.1. The molecule has 0 bridgehead atoms. The van der Waals surface area contributed by atoms with Crippen LogP contribution in [0.2, 0.25) is 0 Å². The van der Waals surface area contributed by atoms with Gasteiger partial charge in [0.15, 0.2) is 0 Å². The van der Waals surface area contributed by atoms with Crippen LogP contribution in [0.3, 0.4) is 0 Å². The predicted octanol–water partition coefficient (Wildman–Crippen LogP) is 3.93. The Labute approximate surface area is 197 Å². The van der Waals surface area contributed by atoms with Gasteiger partial charge in [0.25, 0.3) is 0 Å². The summed E-state index contributed by atoms with van der Waals surface area (Å²) in [6, 6.07) is 11.1. The number of carbonyl (C=O) groups excluding carboxylic acids is 2. The van der Waals surface area contributed by atoms with Gasteiger partial charge in [0.1, 0.15) is 17.1 Å². The third kappa shape index (κ3) is 6.85. The minimum atomic E-state index is -4.40. The molecule has 0 spiro atoms. The molecular weight excluding hydrogens is 466 g/mol. The van der Waals surface area contributed by atoms with E-state index in [2.05, 4.69) is 20.1 Å². The van der Waals surface area contributed by atoms with Gasteiger partial charge in [-0.3, -0.25) is 10.1 Å². The van der Waals surface area contributed by atoms with Crippen LogP contribution >= 0.6 is 0 Å². The summed E-state index contributed by atoms with van der Waals surface area (Å²) in [4.78, 5) is 22.8. The number of benzene rings is 2. The molecule has 2 aromatic rings. The molecule has 34 heavy (non-hydrogen) atoms. The quantitative estimate of drug-likeness (QED) is 0.289. The van der Waals surface area contributed by atoms with Crippen molar-refractivity contribution in [1.82, 2.24) is 0 Å². The lowest BCUT2D eigenvalue weighted by molar-refractivity contribution is -0.114. The average Bonchev–Trinajstić information content (AvgIpc) is 2.73. The summed E-state index contributed by atoms with van der Waals surface area (Å²) in [6.07, 6.45) is 1.61. The molecule has 2 amide bonds. The number of hydrogen-bond donors (Lipinski definition) is 2. The largest absolute Gasteiger partial charge is 0.521 e. The second-order valence-electron chi connectivity index (χ2n) is 7.75. The van der Waals surface area contributed by atoms with Gasteiger partial charge >= 0.3 is 16.5 Å². The second-order valence-corrected chi connectivity index (χ2v) is 8.89. The number of rotatable bonds is 10. The van der Waals surface area contributed by atoms with Crippen LogP contribution in [0, 0.1) is 0 Å². The zero-order valence-corrected chi connectivity index (χ0v) is 19.7. The Hall–Kier alpha value is -3.80. The van der Waals surface area contributed by atoms with Crippen molar-refractivity contribution in [3.8, 4) is 11.5 Å². The molecule has 0 saturated carbocycles. The molecule has 2 N–H and O–H groups in total. The number of nitrogens with zero attached hydrogens (tertiary/aromatic N) is 1. The van der Waals surface area contributed by atoms with E-state index in [9.17, 15) is 18.0 Å². The SMILES string of the molecule is CC(=O)Nc1ccc(OS(=O)(=O)ON=CCCCOc2cccc3c2NC(=O)OC3(C)C)cc1. The summed E-state index contributed by atoms with van der Waals surface area (Å²) in [6.45, 7) is 5.24. The van der Waals surface area contributed by atoms with Crippen LogP contribution in [0.15, 0.2) is 47.6 Å². The number of carbonyl (C=O) groups is 2.